The molecule has 1 radical (unpaired) electrons. The molecule has 5 aromatic rings. The monoisotopic (exact) mass is 744 g/mol. The number of allylic oxidation sites excluding steroid dienone is 2. The number of hydrogen-bond acceptors (Lipinski definition) is 5. The van der Waals surface area contributed by atoms with Gasteiger partial charge in [0.25, 0.3) is 0 Å². The molecule has 0 fully saturated rings. The Balaban J connectivity index is 0.000000331. The summed E-state index contributed by atoms with van der Waals surface area (Å²) in [7, 11) is 0. The fourth-order valence-electron chi connectivity index (χ4n) is 4.50. The molecule has 0 bridgehead atoms. The average molecular weight is 744 g/mol. The predicted octanol–water partition coefficient (Wildman–Crippen LogP) is 10.0. The van der Waals surface area contributed by atoms with E-state index in [-0.39, 0.29) is 43.5 Å². The van der Waals surface area contributed by atoms with Crippen molar-refractivity contribution in [3.05, 3.63) is 84.0 Å². The summed E-state index contributed by atoms with van der Waals surface area (Å²) >= 11 is 1.84. The van der Waals surface area contributed by atoms with Crippen molar-refractivity contribution in [3.8, 4) is 11.3 Å². The van der Waals surface area contributed by atoms with E-state index in [0.29, 0.717) is 11.8 Å². The van der Waals surface area contributed by atoms with Gasteiger partial charge in [-0.25, -0.2) is 0 Å². The van der Waals surface area contributed by atoms with Crippen LogP contribution in [0.3, 0.4) is 0 Å². The second kappa shape index (κ2) is 13.8. The Bertz CT molecular complexity index is 1700. The number of carbonyl (C=O) groups is 1. The van der Waals surface area contributed by atoms with Crippen LogP contribution in [0, 0.1) is 17.9 Å². The van der Waals surface area contributed by atoms with E-state index in [2.05, 4.69) is 69.1 Å². The van der Waals surface area contributed by atoms with Crippen molar-refractivity contribution >= 4 is 48.1 Å². The first-order chi connectivity index (χ1) is 19.0. The zero-order valence-corrected chi connectivity index (χ0v) is 28.3. The third kappa shape index (κ3) is 7.12. The van der Waals surface area contributed by atoms with Gasteiger partial charge in [-0.2, -0.15) is 11.3 Å². The minimum atomic E-state index is -0.0316. The van der Waals surface area contributed by atoms with Gasteiger partial charge in [0.05, 0.1) is 5.76 Å². The van der Waals surface area contributed by atoms with Gasteiger partial charge < -0.3 is 10.1 Å². The van der Waals surface area contributed by atoms with Gasteiger partial charge in [-0.15, -0.1) is 23.8 Å². The predicted molar refractivity (Wildman–Crippen MR) is 170 cm³/mol. The molecule has 6 heteroatoms. The minimum Gasteiger partial charge on any atom is -0.512 e. The molecule has 41 heavy (non-hydrogen) atoms. The molecule has 0 aliphatic heterocycles. The molecule has 3 heterocycles. The summed E-state index contributed by atoms with van der Waals surface area (Å²) in [6.45, 7) is 16.2. The Labute approximate surface area is 261 Å². The number of aliphatic hydroxyl groups excluding tert-OH is 1. The van der Waals surface area contributed by atoms with E-state index >= 15 is 0 Å². The van der Waals surface area contributed by atoms with Crippen LogP contribution >= 0.6 is 11.3 Å². The zero-order chi connectivity index (χ0) is 29.1. The Kier molecular flexibility index (Phi) is 11.0. The Hall–Kier alpha value is -2.92. The number of benzene rings is 2. The Morgan fingerprint density at radius 1 is 0.878 bits per heavy atom. The first-order valence-electron chi connectivity index (χ1n) is 14.0. The van der Waals surface area contributed by atoms with Crippen LogP contribution in [0.4, 0.5) is 0 Å². The molecule has 3 aromatic heterocycles. The van der Waals surface area contributed by atoms with Crippen molar-refractivity contribution in [1.82, 2.24) is 9.97 Å². The molecule has 0 saturated heterocycles. The summed E-state index contributed by atoms with van der Waals surface area (Å²) in [5, 5.41) is 14.1. The number of rotatable bonds is 6. The van der Waals surface area contributed by atoms with Gasteiger partial charge in [0.15, 0.2) is 5.78 Å². The number of thiophene rings is 1. The van der Waals surface area contributed by atoms with E-state index in [9.17, 15) is 9.90 Å². The fourth-order valence-corrected chi connectivity index (χ4v) is 5.92. The number of carbonyl (C=O) groups excluding carboxylic acids is 1. The van der Waals surface area contributed by atoms with Crippen LogP contribution in [0.15, 0.2) is 66.8 Å². The summed E-state index contributed by atoms with van der Waals surface area (Å²) in [6, 6.07) is 16.5. The fraction of sp³-hybridized carbons (Fsp3) is 0.343. The number of aliphatic hydroxyl groups is 1. The van der Waals surface area contributed by atoms with E-state index in [0.717, 1.165) is 11.3 Å². The standard InChI is InChI=1S/C26H23N2S.C9H16O2.Ir/c1-15(2)17-8-9-19-18(12-17)10-11-28-24(19)21-7-5-6-20-23-14-27-13-22(16(3)4)26(23)29-25(20)21;1-6(2)8(10)5-9(11)7(3)4;/h5-6,8-16H,1-4H3;5-7,10H,1-4H3;/q-1;;/b;8-5-;. The molecule has 217 valence electrons. The molecular formula is C35H39IrN2O2S-. The summed E-state index contributed by atoms with van der Waals surface area (Å²) in [5.41, 5.74) is 4.75. The van der Waals surface area contributed by atoms with Crippen molar-refractivity contribution < 1.29 is 30.0 Å². The quantitative estimate of drug-likeness (QED) is 0.107. The smallest absolute Gasteiger partial charge is 0.161 e. The number of nitrogens with zero attached hydrogens (tertiary/aromatic N) is 2. The Morgan fingerprint density at radius 3 is 2.24 bits per heavy atom. The summed E-state index contributed by atoms with van der Waals surface area (Å²) < 4.78 is 2.57. The normalized spacial score (nSPS) is 12.0. The topological polar surface area (TPSA) is 63.1 Å². The molecular weight excluding hydrogens is 705 g/mol. The van der Waals surface area contributed by atoms with Gasteiger partial charge >= 0.3 is 0 Å². The number of pyridine rings is 2. The SMILES string of the molecule is CC(C)C(=O)/C=C(\O)C(C)C.CC(C)c1ccc2c(-c3[c-]ccc4c3sc3c(C(C)C)cncc34)nccc2c1.[Ir]. The number of ketones is 1. The van der Waals surface area contributed by atoms with Crippen LogP contribution in [-0.4, -0.2) is 20.9 Å². The molecule has 0 aliphatic rings. The van der Waals surface area contributed by atoms with E-state index in [1.54, 1.807) is 0 Å². The first kappa shape index (κ1) is 32.6. The molecule has 0 spiro atoms. The maximum Gasteiger partial charge on any atom is 0.161 e. The van der Waals surface area contributed by atoms with Crippen molar-refractivity contribution in [1.29, 1.82) is 0 Å². The molecule has 5 rings (SSSR count). The third-order valence-electron chi connectivity index (χ3n) is 7.13. The summed E-state index contributed by atoms with van der Waals surface area (Å²) in [5.74, 6) is 1.11. The van der Waals surface area contributed by atoms with Crippen molar-refractivity contribution in [2.75, 3.05) is 0 Å². The Morgan fingerprint density at radius 2 is 1.61 bits per heavy atom. The van der Waals surface area contributed by atoms with Crippen LogP contribution < -0.4 is 0 Å². The summed E-state index contributed by atoms with van der Waals surface area (Å²) in [6.07, 6.45) is 7.24. The first-order valence-corrected chi connectivity index (χ1v) is 14.8. The van der Waals surface area contributed by atoms with E-state index in [4.69, 9.17) is 4.98 Å². The third-order valence-corrected chi connectivity index (χ3v) is 8.42. The zero-order valence-electron chi connectivity index (χ0n) is 25.1. The number of aromatic nitrogens is 2. The van der Waals surface area contributed by atoms with E-state index < -0.39 is 0 Å². The van der Waals surface area contributed by atoms with Crippen LogP contribution in [0.1, 0.15) is 78.4 Å². The van der Waals surface area contributed by atoms with Gasteiger partial charge in [-0.3, -0.25) is 9.78 Å². The molecule has 4 nitrogen and oxygen atoms in total. The van der Waals surface area contributed by atoms with Crippen molar-refractivity contribution in [2.24, 2.45) is 11.8 Å². The van der Waals surface area contributed by atoms with Gasteiger partial charge in [-0.1, -0.05) is 79.0 Å². The summed E-state index contributed by atoms with van der Waals surface area (Å²) in [4.78, 5) is 20.3. The number of hydrogen-bond donors (Lipinski definition) is 1. The van der Waals surface area contributed by atoms with Crippen LogP contribution in [0.2, 0.25) is 0 Å². The van der Waals surface area contributed by atoms with E-state index in [1.807, 2.05) is 63.7 Å². The van der Waals surface area contributed by atoms with Gasteiger partial charge in [-0.05, 0) is 55.6 Å². The number of fused-ring (bicyclic) bond motifs is 4. The van der Waals surface area contributed by atoms with Crippen LogP contribution in [0.5, 0.6) is 0 Å². The van der Waals surface area contributed by atoms with Crippen molar-refractivity contribution in [2.45, 2.75) is 67.2 Å². The maximum atomic E-state index is 11.0. The van der Waals surface area contributed by atoms with Gasteiger partial charge in [0, 0.05) is 61.3 Å². The molecule has 2 aromatic carbocycles. The largest absolute Gasteiger partial charge is 0.512 e. The van der Waals surface area contributed by atoms with E-state index in [1.165, 1.54) is 48.1 Å². The molecule has 0 unspecified atom stereocenters. The molecule has 0 saturated carbocycles. The average Bonchev–Trinajstić information content (AvgIpc) is 3.31. The molecule has 0 aliphatic carbocycles. The second-order valence-electron chi connectivity index (χ2n) is 11.5. The molecule has 1 N–H and O–H groups in total. The van der Waals surface area contributed by atoms with Gasteiger partial charge in [0.2, 0.25) is 0 Å². The van der Waals surface area contributed by atoms with Crippen LogP contribution in [0.25, 0.3) is 42.2 Å². The van der Waals surface area contributed by atoms with Crippen molar-refractivity contribution in [3.63, 3.8) is 0 Å². The minimum absolute atomic E-state index is 0. The second-order valence-corrected chi connectivity index (χ2v) is 12.6. The maximum absolute atomic E-state index is 11.0. The van der Waals surface area contributed by atoms with Gasteiger partial charge in [0.1, 0.15) is 0 Å². The molecule has 0 atom stereocenters. The van der Waals surface area contributed by atoms with Crippen LogP contribution in [-0.2, 0) is 24.9 Å². The molecule has 0 amide bonds.